The molecule has 1 saturated heterocycles. The van der Waals surface area contributed by atoms with Gasteiger partial charge in [-0.05, 0) is 37.7 Å². The summed E-state index contributed by atoms with van der Waals surface area (Å²) in [5, 5.41) is 5.32. The molecular weight excluding hydrogens is 699 g/mol. The van der Waals surface area contributed by atoms with Gasteiger partial charge in [0.15, 0.2) is 0 Å². The number of imide groups is 1. The zero-order chi connectivity index (χ0) is 24.2. The van der Waals surface area contributed by atoms with Gasteiger partial charge in [0.1, 0.15) is 0 Å². The van der Waals surface area contributed by atoms with E-state index >= 15 is 0 Å². The van der Waals surface area contributed by atoms with Gasteiger partial charge in [0, 0.05) is 39.4 Å². The van der Waals surface area contributed by atoms with Crippen LogP contribution in [0.1, 0.15) is 58.3 Å². The molecule has 33 heavy (non-hydrogen) atoms. The molecule has 11 nitrogen and oxygen atoms in total. The predicted octanol–water partition coefficient (Wildman–Crippen LogP) is 1.02. The average molecular weight is 734 g/mol. The molecule has 0 aromatic heterocycles. The zero-order valence-corrected chi connectivity index (χ0v) is 22.5. The van der Waals surface area contributed by atoms with E-state index in [1.807, 2.05) is 0 Å². The van der Waals surface area contributed by atoms with Crippen LogP contribution in [0.5, 0.6) is 0 Å². The first-order chi connectivity index (χ1) is 15.4. The molecule has 1 aliphatic rings. The van der Waals surface area contributed by atoms with E-state index in [-0.39, 0.29) is 31.6 Å². The van der Waals surface area contributed by atoms with Crippen LogP contribution in [0.15, 0.2) is 0 Å². The molecule has 1 unspecified atom stereocenters. The molecule has 0 bridgehead atoms. The number of unbranched alkanes of at least 4 members (excludes halogenated alkanes) is 2. The second-order valence-electron chi connectivity index (χ2n) is 6.72. The Bertz CT molecular complexity index is 578. The topological polar surface area (TPSA) is 140 Å². The molecule has 196 valence electrons. The summed E-state index contributed by atoms with van der Waals surface area (Å²) >= 11 is 1.19. The van der Waals surface area contributed by atoms with E-state index in [0.29, 0.717) is 31.1 Å². The van der Waals surface area contributed by atoms with Crippen LogP contribution in [-0.4, -0.2) is 74.3 Å². The fourth-order valence-electron chi connectivity index (χ4n) is 2.43. The van der Waals surface area contributed by atoms with Gasteiger partial charge in [0.25, 0.3) is 11.8 Å². The molecule has 4 amide bonds. The van der Waals surface area contributed by atoms with Crippen molar-refractivity contribution in [3.05, 3.63) is 0 Å². The molecule has 0 aromatic carbocycles. The summed E-state index contributed by atoms with van der Waals surface area (Å²) in [4.78, 5) is 61.6. The van der Waals surface area contributed by atoms with Gasteiger partial charge < -0.3 is 29.2 Å². The largest absolute Gasteiger partial charge is 0.520 e. The van der Waals surface area contributed by atoms with Gasteiger partial charge in [0.2, 0.25) is 5.91 Å². The Morgan fingerprint density at radius 1 is 1.15 bits per heavy atom. The van der Waals surface area contributed by atoms with E-state index in [2.05, 4.69) is 17.6 Å². The fourth-order valence-corrected chi connectivity index (χ4v) is 2.68. The zero-order valence-electron chi connectivity index (χ0n) is 19.3. The number of hydroxylamine groups is 2. The third-order valence-corrected chi connectivity index (χ3v) is 4.58. The summed E-state index contributed by atoms with van der Waals surface area (Å²) < 4.78 is 9.78. The van der Waals surface area contributed by atoms with Crippen LogP contribution in [0.3, 0.4) is 0 Å². The predicted molar refractivity (Wildman–Crippen MR) is 118 cm³/mol. The van der Waals surface area contributed by atoms with Crippen LogP contribution >= 0.6 is 12.0 Å². The second kappa shape index (κ2) is 20.7. The van der Waals surface area contributed by atoms with Gasteiger partial charge in [-0.25, -0.2) is 4.79 Å². The first-order valence-corrected chi connectivity index (χ1v) is 11.7. The molecule has 0 aromatic rings. The maximum absolute atomic E-state index is 12.0. The van der Waals surface area contributed by atoms with Gasteiger partial charge in [-0.2, -0.15) is 6.41 Å². The minimum atomic E-state index is -1.03. The van der Waals surface area contributed by atoms with Crippen molar-refractivity contribution in [2.24, 2.45) is 0 Å². The standard InChI is InChI=1S/C15H22N3O7S.C5H12O.Fm/c1-26-24-9-7-12(20)16-8-3-2-4-11(17-10-19)15(23)25-18-13(21)5-6-14(18)22;1-3-4-5-6-2;/h11H,2-9H2,1H3,(H,16,20)(H,17,19);3-5H2,1-2H3;/q-1;;. The number of hydrogen-bond donors (Lipinski definition) is 2. The number of amides is 4. The summed E-state index contributed by atoms with van der Waals surface area (Å²) in [6.07, 6.45) is 7.12. The molecule has 1 atom stereocenters. The molecule has 0 spiro atoms. The van der Waals surface area contributed by atoms with Crippen LogP contribution in [0.4, 0.5) is 0 Å². The second-order valence-corrected chi connectivity index (χ2v) is 7.29. The average Bonchev–Trinajstić information content (AvgIpc) is 3.09. The van der Waals surface area contributed by atoms with Crippen LogP contribution in [0.2, 0.25) is 0 Å². The van der Waals surface area contributed by atoms with Gasteiger partial charge >= 0.3 is 5.97 Å². The molecule has 0 aliphatic carbocycles. The van der Waals surface area contributed by atoms with E-state index in [4.69, 9.17) is 13.8 Å². The van der Waals surface area contributed by atoms with E-state index in [1.165, 1.54) is 31.3 Å². The SMILES string of the molecule is CCCCOC.CSOCCC(=O)NCCCCC(N[C-]=O)C(=O)ON1C(=O)CCC1=O.[Fm]. The number of nitrogens with zero attached hydrogens (tertiary/aromatic N) is 1. The summed E-state index contributed by atoms with van der Waals surface area (Å²) in [7, 11) is 1.73. The first kappa shape index (κ1) is 32.0. The van der Waals surface area contributed by atoms with Crippen LogP contribution in [0, 0.1) is 0 Å². The summed E-state index contributed by atoms with van der Waals surface area (Å²) in [5.74, 6) is -2.23. The third kappa shape index (κ3) is 15.3. The van der Waals surface area contributed by atoms with E-state index < -0.39 is 23.8 Å². The van der Waals surface area contributed by atoms with Crippen LogP contribution < -0.4 is 10.6 Å². The van der Waals surface area contributed by atoms with E-state index in [0.717, 1.165) is 6.61 Å². The van der Waals surface area contributed by atoms with Crippen molar-refractivity contribution in [1.82, 2.24) is 15.7 Å². The quantitative estimate of drug-likeness (QED) is 0.0783. The fraction of sp³-hybridized carbons (Fsp3) is 0.750. The van der Waals surface area contributed by atoms with Crippen molar-refractivity contribution in [2.75, 3.05) is 33.1 Å². The molecule has 13 heteroatoms. The van der Waals surface area contributed by atoms with Crippen LogP contribution in [0.25, 0.3) is 0 Å². The van der Waals surface area contributed by atoms with Gasteiger partial charge in [-0.1, -0.05) is 13.3 Å². The van der Waals surface area contributed by atoms with Crippen molar-refractivity contribution in [3.8, 4) is 0 Å². The van der Waals surface area contributed by atoms with Gasteiger partial charge in [-0.3, -0.25) is 14.4 Å². The molecule has 0 radical (unpaired) electrons. The minimum Gasteiger partial charge on any atom is -0.520 e. The Morgan fingerprint density at radius 2 is 1.82 bits per heavy atom. The number of nitrogens with one attached hydrogen (secondary N) is 2. The molecule has 0 saturated carbocycles. The third-order valence-electron chi connectivity index (χ3n) is 4.18. The summed E-state index contributed by atoms with van der Waals surface area (Å²) in [6, 6.07) is -1.03. The summed E-state index contributed by atoms with van der Waals surface area (Å²) in [6.45, 7) is 3.80. The maximum atomic E-state index is 12.0. The minimum absolute atomic E-state index is 0. The van der Waals surface area contributed by atoms with E-state index in [1.54, 1.807) is 13.4 Å². The monoisotopic (exact) mass is 733 g/mol. The summed E-state index contributed by atoms with van der Waals surface area (Å²) in [5.41, 5.74) is 0. The number of methoxy groups -OCH3 is 1. The van der Waals surface area contributed by atoms with Gasteiger partial charge in [-0.15, -0.1) is 5.06 Å². The molecule has 1 fully saturated rings. The molecule has 1 aliphatic heterocycles. The molecular formula is C20H34FmN3O8S-. The number of rotatable bonds is 16. The Kier molecular flexibility index (Phi) is 20.1. The maximum Gasteiger partial charge on any atom is 0.352 e. The number of carbonyl (C=O) groups is 4. The molecule has 1 rings (SSSR count). The van der Waals surface area contributed by atoms with Crippen molar-refractivity contribution in [2.45, 2.75) is 64.3 Å². The Morgan fingerprint density at radius 3 is 2.33 bits per heavy atom. The van der Waals surface area contributed by atoms with Crippen molar-refractivity contribution < 1.29 is 37.7 Å². The van der Waals surface area contributed by atoms with E-state index in [9.17, 15) is 24.0 Å². The van der Waals surface area contributed by atoms with Crippen LogP contribution in [-0.2, 0) is 37.7 Å². The Hall–Kier alpha value is -3.18. The van der Waals surface area contributed by atoms with Crippen molar-refractivity contribution in [1.29, 1.82) is 0 Å². The smallest absolute Gasteiger partial charge is 0.352 e. The number of carbonyl (C=O) groups excluding carboxylic acids is 5. The number of ether oxygens (including phenoxy) is 1. The Balaban J connectivity index is 0. The first-order valence-electron chi connectivity index (χ1n) is 10.5. The Labute approximate surface area is 193 Å². The van der Waals surface area contributed by atoms with Gasteiger partial charge in [0.05, 0.1) is 19.1 Å². The molecule has 1 heterocycles. The van der Waals surface area contributed by atoms with Crippen molar-refractivity contribution in [3.63, 3.8) is 0 Å². The van der Waals surface area contributed by atoms with Crippen molar-refractivity contribution >= 4 is 42.1 Å². The number of hydrogen-bond acceptors (Lipinski definition) is 9. The molecule has 2 N–H and O–H groups in total. The normalized spacial score (nSPS) is 13.4.